The molecule has 0 saturated heterocycles. The monoisotopic (exact) mass is 842 g/mol. The fourth-order valence-electron chi connectivity index (χ4n) is 1.36. The number of hydrogen-bond acceptors (Lipinski definition) is 10. The summed E-state index contributed by atoms with van der Waals surface area (Å²) < 4.78 is 320. The zero-order chi connectivity index (χ0) is 39.7. The predicted octanol–water partition coefficient (Wildman–Crippen LogP) is 3.57. The number of halogens is 20. The van der Waals surface area contributed by atoms with Gasteiger partial charge in [0.2, 0.25) is 0 Å². The maximum atomic E-state index is 12.4. The van der Waals surface area contributed by atoms with Crippen LogP contribution in [-0.4, -0.2) is 89.4 Å². The van der Waals surface area contributed by atoms with E-state index in [9.17, 15) is 121 Å². The minimum absolute atomic E-state index is 0.969. The molecular formula is C12H6F20N4O8S4. The molecule has 0 fully saturated rings. The Morgan fingerprint density at radius 3 is 0.521 bits per heavy atom. The van der Waals surface area contributed by atoms with Crippen LogP contribution >= 0.6 is 0 Å². The summed E-state index contributed by atoms with van der Waals surface area (Å²) in [6.07, 6.45) is -21.3. The lowest BCUT2D eigenvalue weighted by atomic mass is 10.7. The first kappa shape index (κ1) is 47.5. The number of rotatable bonds is 8. The number of hydrogen-bond donors (Lipinski definition) is 2. The van der Waals surface area contributed by atoms with E-state index in [1.807, 2.05) is 0 Å². The Bertz CT molecular complexity index is 1420. The van der Waals surface area contributed by atoms with Crippen LogP contribution in [0.4, 0.5) is 87.8 Å². The van der Waals surface area contributed by atoms with Crippen LogP contribution in [-0.2, 0) is 40.1 Å². The van der Waals surface area contributed by atoms with Crippen molar-refractivity contribution in [3.05, 3.63) is 24.8 Å². The van der Waals surface area contributed by atoms with Crippen LogP contribution < -0.4 is 8.25 Å². The first-order chi connectivity index (χ1) is 20.4. The molecule has 0 aliphatic rings. The van der Waals surface area contributed by atoms with E-state index in [0.29, 0.717) is 0 Å². The summed E-state index contributed by atoms with van der Waals surface area (Å²) >= 11 is 0. The normalized spacial score (nSPS) is 15.1. The highest BCUT2D eigenvalue weighted by molar-refractivity contribution is 8.06. The second-order valence-corrected chi connectivity index (χ2v) is 14.5. The Kier molecular flexibility index (Phi) is 13.8. The highest BCUT2D eigenvalue weighted by Crippen LogP contribution is 2.44. The predicted molar refractivity (Wildman–Crippen MR) is 108 cm³/mol. The van der Waals surface area contributed by atoms with Gasteiger partial charge in [-0.15, -0.1) is 0 Å². The molecule has 12 nitrogen and oxygen atoms in total. The zero-order valence-electron chi connectivity index (χ0n) is 20.7. The van der Waals surface area contributed by atoms with Crippen LogP contribution in [0, 0.1) is 0 Å². The molecule has 36 heteroatoms. The van der Waals surface area contributed by atoms with Crippen molar-refractivity contribution in [1.82, 2.24) is 18.2 Å². The number of nitrogens with zero attached hydrogens (tertiary/aromatic N) is 2. The molecule has 1 heterocycles. The smallest absolute Gasteiger partial charge is 0.262 e. The third-order valence-electron chi connectivity index (χ3n) is 3.59. The van der Waals surface area contributed by atoms with Gasteiger partial charge in [0.15, 0.2) is 0 Å². The van der Waals surface area contributed by atoms with Gasteiger partial charge < -0.3 is 0 Å². The minimum atomic E-state index is -7.49. The molecule has 286 valence electrons. The van der Waals surface area contributed by atoms with E-state index in [1.165, 1.54) is 0 Å². The van der Waals surface area contributed by atoms with E-state index in [1.54, 1.807) is 24.8 Å². The van der Waals surface area contributed by atoms with Crippen molar-refractivity contribution in [2.24, 2.45) is 0 Å². The molecule has 1 aromatic rings. The molecule has 1 rings (SSSR count). The van der Waals surface area contributed by atoms with E-state index in [0.717, 1.165) is 0 Å². The Labute approximate surface area is 250 Å². The van der Waals surface area contributed by atoms with Gasteiger partial charge in [-0.2, -0.15) is 87.8 Å². The largest absolute Gasteiger partial charge is 0.471 e. The van der Waals surface area contributed by atoms with E-state index >= 15 is 0 Å². The van der Waals surface area contributed by atoms with Gasteiger partial charge in [0, 0.05) is 24.8 Å². The number of alkyl halides is 20. The molecule has 0 bridgehead atoms. The van der Waals surface area contributed by atoms with Gasteiger partial charge in [0.1, 0.15) is 0 Å². The van der Waals surface area contributed by atoms with E-state index in [4.69, 9.17) is 0 Å². The van der Waals surface area contributed by atoms with Gasteiger partial charge in [-0.05, 0) is 0 Å². The Hall–Kier alpha value is -2.60. The molecule has 2 N–H and O–H groups in total. The van der Waals surface area contributed by atoms with Gasteiger partial charge in [-0.25, -0.2) is 33.7 Å². The van der Waals surface area contributed by atoms with E-state index < -0.39 is 94.1 Å². The molecule has 1 aromatic heterocycles. The fourth-order valence-corrected chi connectivity index (χ4v) is 6.57. The van der Waals surface area contributed by atoms with Crippen LogP contribution in [0.2, 0.25) is 0 Å². The molecule has 0 radical (unpaired) electrons. The van der Waals surface area contributed by atoms with Crippen LogP contribution in [0.15, 0.2) is 24.8 Å². The number of sulfonamides is 4. The Morgan fingerprint density at radius 2 is 0.438 bits per heavy atom. The average molecular weight is 842 g/mol. The van der Waals surface area contributed by atoms with Crippen molar-refractivity contribution in [2.45, 2.75) is 45.7 Å². The average Bonchev–Trinajstić information content (AvgIpc) is 2.81. The van der Waals surface area contributed by atoms with Crippen LogP contribution in [0.25, 0.3) is 0 Å². The van der Waals surface area contributed by atoms with Crippen LogP contribution in [0.1, 0.15) is 0 Å². The van der Waals surface area contributed by atoms with Gasteiger partial charge in [-0.3, -0.25) is 9.97 Å². The van der Waals surface area contributed by atoms with Gasteiger partial charge >= 0.3 is 45.7 Å². The lowest BCUT2D eigenvalue weighted by Gasteiger charge is -2.23. The van der Waals surface area contributed by atoms with Crippen molar-refractivity contribution in [1.29, 1.82) is 0 Å². The molecule has 0 aliphatic heterocycles. The van der Waals surface area contributed by atoms with Crippen molar-refractivity contribution in [3.63, 3.8) is 0 Å². The number of aromatic nitrogens is 2. The summed E-state index contributed by atoms with van der Waals surface area (Å²) in [5.41, 5.74) is 0. The summed E-state index contributed by atoms with van der Waals surface area (Å²) in [6, 6.07) is 0. The topological polar surface area (TPSA) is 186 Å². The van der Waals surface area contributed by atoms with Gasteiger partial charge in [0.05, 0.1) is 0 Å². The molecule has 48 heavy (non-hydrogen) atoms. The highest BCUT2D eigenvalue weighted by Gasteiger charge is 2.74. The Balaban J connectivity index is 0. The maximum Gasteiger partial charge on any atom is 0.471 e. The maximum absolute atomic E-state index is 12.4. The van der Waals surface area contributed by atoms with Crippen molar-refractivity contribution >= 4 is 40.1 Å². The second kappa shape index (κ2) is 14.0. The molecule has 0 atom stereocenters. The SMILES string of the molecule is O=S(=O)(NS(=O)(=O)C(F)(F)C(F)(F)F)C(F)(F)C(F)(F)F.O=S(=O)(NS(=O)(=O)C(F)(F)C(F)(F)F)C(F)(F)C(F)(F)F.c1cnccn1. The highest BCUT2D eigenvalue weighted by atomic mass is 32.3. The summed E-state index contributed by atoms with van der Waals surface area (Å²) in [6.45, 7) is 0. The molecule has 0 saturated carbocycles. The van der Waals surface area contributed by atoms with E-state index in [-0.39, 0.29) is 0 Å². The van der Waals surface area contributed by atoms with E-state index in [2.05, 4.69) is 9.97 Å². The minimum Gasteiger partial charge on any atom is -0.262 e. The third-order valence-corrected chi connectivity index (χ3v) is 10.7. The van der Waals surface area contributed by atoms with Crippen molar-refractivity contribution < 1.29 is 121 Å². The van der Waals surface area contributed by atoms with Crippen LogP contribution in [0.5, 0.6) is 0 Å². The zero-order valence-corrected chi connectivity index (χ0v) is 23.9. The standard InChI is InChI=1S/2C4HF10NO4S2.C4H4N2/c2*5-1(6,7)3(11,12)20(16,17)15-21(18,19)4(13,14)2(8,9)10;1-2-6-4-3-5-1/h2*15H;1-4H. The fraction of sp³-hybridized carbons (Fsp3) is 0.667. The molecule has 0 amide bonds. The first-order valence-electron chi connectivity index (χ1n) is 9.45. The molecular weight excluding hydrogens is 836 g/mol. The summed E-state index contributed by atoms with van der Waals surface area (Å²) in [5, 5.41) is -27.7. The lowest BCUT2D eigenvalue weighted by molar-refractivity contribution is -0.243. The Morgan fingerprint density at radius 1 is 0.312 bits per heavy atom. The summed E-state index contributed by atoms with van der Waals surface area (Å²) in [5.74, 6) is 0. The molecule has 0 aliphatic carbocycles. The van der Waals surface area contributed by atoms with Crippen molar-refractivity contribution in [3.8, 4) is 0 Å². The number of nitrogens with one attached hydrogen (secondary N) is 2. The lowest BCUT2D eigenvalue weighted by Crippen LogP contribution is -2.57. The van der Waals surface area contributed by atoms with Crippen LogP contribution in [0.3, 0.4) is 0 Å². The van der Waals surface area contributed by atoms with Gasteiger partial charge in [-0.1, -0.05) is 8.25 Å². The summed E-state index contributed by atoms with van der Waals surface area (Å²) in [7, 11) is -30.0. The van der Waals surface area contributed by atoms with Crippen molar-refractivity contribution in [2.75, 3.05) is 0 Å². The molecule has 0 unspecified atom stereocenters. The molecule has 0 aromatic carbocycles. The van der Waals surface area contributed by atoms with Gasteiger partial charge in [0.25, 0.3) is 40.1 Å². The second-order valence-electron chi connectivity index (χ2n) is 7.13. The quantitative estimate of drug-likeness (QED) is 0.367. The third kappa shape index (κ3) is 10.2. The first-order valence-corrected chi connectivity index (χ1v) is 15.4. The molecule has 0 spiro atoms. The summed E-state index contributed by atoms with van der Waals surface area (Å²) in [4.78, 5) is 7.44.